The molecule has 1 saturated carbocycles. The summed E-state index contributed by atoms with van der Waals surface area (Å²) < 4.78 is 0. The number of nitrogens with one attached hydrogen (secondary N) is 1. The van der Waals surface area contributed by atoms with Crippen LogP contribution in [0.4, 0.5) is 0 Å². The van der Waals surface area contributed by atoms with Crippen molar-refractivity contribution in [1.29, 1.82) is 0 Å². The van der Waals surface area contributed by atoms with Crippen molar-refractivity contribution in [2.75, 3.05) is 40.3 Å². The van der Waals surface area contributed by atoms with Crippen LogP contribution in [0.15, 0.2) is 0 Å². The van der Waals surface area contributed by atoms with Gasteiger partial charge in [-0.15, -0.1) is 0 Å². The number of piperidine rings is 1. The van der Waals surface area contributed by atoms with Gasteiger partial charge < -0.3 is 15.1 Å². The van der Waals surface area contributed by atoms with E-state index in [9.17, 15) is 0 Å². The molecule has 3 nitrogen and oxygen atoms in total. The Morgan fingerprint density at radius 1 is 1.16 bits per heavy atom. The molecular formula is C16H33N3. The smallest absolute Gasteiger partial charge is 0.0189 e. The number of likely N-dealkylation sites (N-methyl/N-ethyl adjacent to an activating group) is 1. The van der Waals surface area contributed by atoms with Crippen LogP contribution in [0.5, 0.6) is 0 Å². The fourth-order valence-corrected chi connectivity index (χ4v) is 3.45. The zero-order chi connectivity index (χ0) is 13.7. The molecule has 1 unspecified atom stereocenters. The average molecular weight is 267 g/mol. The Hall–Kier alpha value is -0.120. The van der Waals surface area contributed by atoms with Crippen LogP contribution >= 0.6 is 0 Å². The number of nitrogens with zero attached hydrogens (tertiary/aromatic N) is 2. The van der Waals surface area contributed by atoms with E-state index in [-0.39, 0.29) is 0 Å². The maximum Gasteiger partial charge on any atom is 0.0189 e. The highest BCUT2D eigenvalue weighted by Crippen LogP contribution is 2.19. The third-order valence-electron chi connectivity index (χ3n) is 5.19. The summed E-state index contributed by atoms with van der Waals surface area (Å²) in [5.74, 6) is 0.912. The molecule has 0 bridgehead atoms. The van der Waals surface area contributed by atoms with Crippen LogP contribution in [-0.4, -0.2) is 62.2 Å². The standard InChI is InChI=1S/C16H33N3/c1-14(12-17-16-6-4-5-7-16)19(3)13-15-8-10-18(2)11-9-15/h14-17H,4-13H2,1-3H3. The Balaban J connectivity index is 1.62. The topological polar surface area (TPSA) is 18.5 Å². The molecule has 1 heterocycles. The van der Waals surface area contributed by atoms with Crippen molar-refractivity contribution in [3.05, 3.63) is 0 Å². The lowest BCUT2D eigenvalue weighted by atomic mass is 9.96. The van der Waals surface area contributed by atoms with E-state index < -0.39 is 0 Å². The fourth-order valence-electron chi connectivity index (χ4n) is 3.45. The summed E-state index contributed by atoms with van der Waals surface area (Å²) in [5.41, 5.74) is 0. The van der Waals surface area contributed by atoms with Gasteiger partial charge in [-0.05, 0) is 65.7 Å². The Morgan fingerprint density at radius 3 is 2.42 bits per heavy atom. The quantitative estimate of drug-likeness (QED) is 0.796. The maximum atomic E-state index is 3.76. The average Bonchev–Trinajstić information content (AvgIpc) is 2.91. The van der Waals surface area contributed by atoms with Crippen LogP contribution < -0.4 is 5.32 Å². The van der Waals surface area contributed by atoms with Gasteiger partial charge in [0.1, 0.15) is 0 Å². The van der Waals surface area contributed by atoms with E-state index in [1.807, 2.05) is 0 Å². The largest absolute Gasteiger partial charge is 0.312 e. The van der Waals surface area contributed by atoms with E-state index in [0.717, 1.165) is 18.5 Å². The minimum Gasteiger partial charge on any atom is -0.312 e. The van der Waals surface area contributed by atoms with Crippen LogP contribution in [0.3, 0.4) is 0 Å². The lowest BCUT2D eigenvalue weighted by Crippen LogP contribution is -2.44. The van der Waals surface area contributed by atoms with Gasteiger partial charge in [0, 0.05) is 25.2 Å². The molecule has 1 aliphatic heterocycles. The molecule has 0 aromatic heterocycles. The molecule has 1 saturated heterocycles. The van der Waals surface area contributed by atoms with Gasteiger partial charge in [0.05, 0.1) is 0 Å². The normalized spacial score (nSPS) is 25.3. The van der Waals surface area contributed by atoms with Gasteiger partial charge >= 0.3 is 0 Å². The van der Waals surface area contributed by atoms with E-state index in [1.54, 1.807) is 0 Å². The van der Waals surface area contributed by atoms with E-state index in [1.165, 1.54) is 58.2 Å². The molecule has 1 aliphatic carbocycles. The Morgan fingerprint density at radius 2 is 1.79 bits per heavy atom. The molecule has 0 amide bonds. The van der Waals surface area contributed by atoms with E-state index in [2.05, 4.69) is 36.1 Å². The van der Waals surface area contributed by atoms with Crippen LogP contribution in [0, 0.1) is 5.92 Å². The molecule has 1 N–H and O–H groups in total. The highest BCUT2D eigenvalue weighted by atomic mass is 15.2. The molecule has 0 radical (unpaired) electrons. The van der Waals surface area contributed by atoms with Gasteiger partial charge in [0.25, 0.3) is 0 Å². The highest BCUT2D eigenvalue weighted by molar-refractivity contribution is 4.78. The second kappa shape index (κ2) is 7.61. The lowest BCUT2D eigenvalue weighted by molar-refractivity contribution is 0.152. The first kappa shape index (κ1) is 15.3. The number of likely N-dealkylation sites (tertiary alicyclic amines) is 1. The second-order valence-corrected chi connectivity index (χ2v) is 6.92. The molecule has 0 aromatic rings. The van der Waals surface area contributed by atoms with Crippen LogP contribution in [-0.2, 0) is 0 Å². The monoisotopic (exact) mass is 267 g/mol. The number of hydrogen-bond acceptors (Lipinski definition) is 3. The van der Waals surface area contributed by atoms with Crippen molar-refractivity contribution in [3.63, 3.8) is 0 Å². The van der Waals surface area contributed by atoms with Crippen molar-refractivity contribution < 1.29 is 0 Å². The van der Waals surface area contributed by atoms with Crippen molar-refractivity contribution in [2.45, 2.75) is 57.5 Å². The molecular weight excluding hydrogens is 234 g/mol. The van der Waals surface area contributed by atoms with E-state index in [4.69, 9.17) is 0 Å². The van der Waals surface area contributed by atoms with Gasteiger partial charge in [-0.3, -0.25) is 0 Å². The second-order valence-electron chi connectivity index (χ2n) is 6.92. The zero-order valence-corrected chi connectivity index (χ0v) is 13.2. The fraction of sp³-hybridized carbons (Fsp3) is 1.00. The molecule has 0 spiro atoms. The van der Waals surface area contributed by atoms with Crippen molar-refractivity contribution in [2.24, 2.45) is 5.92 Å². The third kappa shape index (κ3) is 5.05. The van der Waals surface area contributed by atoms with Crippen molar-refractivity contribution >= 4 is 0 Å². The molecule has 3 heteroatoms. The first-order valence-electron chi connectivity index (χ1n) is 8.27. The van der Waals surface area contributed by atoms with Gasteiger partial charge in [-0.1, -0.05) is 12.8 Å². The summed E-state index contributed by atoms with van der Waals surface area (Å²) in [4.78, 5) is 5.03. The molecule has 19 heavy (non-hydrogen) atoms. The molecule has 2 fully saturated rings. The highest BCUT2D eigenvalue weighted by Gasteiger charge is 2.21. The first-order chi connectivity index (χ1) is 9.15. The van der Waals surface area contributed by atoms with Crippen molar-refractivity contribution in [1.82, 2.24) is 15.1 Å². The van der Waals surface area contributed by atoms with E-state index in [0.29, 0.717) is 6.04 Å². The van der Waals surface area contributed by atoms with Crippen molar-refractivity contribution in [3.8, 4) is 0 Å². The van der Waals surface area contributed by atoms with Crippen LogP contribution in [0.1, 0.15) is 45.4 Å². The molecule has 2 aliphatic rings. The minimum atomic E-state index is 0.667. The molecule has 2 rings (SSSR count). The number of rotatable bonds is 6. The predicted octanol–water partition coefficient (Wildman–Crippen LogP) is 2.18. The van der Waals surface area contributed by atoms with Gasteiger partial charge in [-0.2, -0.15) is 0 Å². The van der Waals surface area contributed by atoms with Crippen LogP contribution in [0.2, 0.25) is 0 Å². The third-order valence-corrected chi connectivity index (χ3v) is 5.19. The minimum absolute atomic E-state index is 0.667. The number of hydrogen-bond donors (Lipinski definition) is 1. The Kier molecular flexibility index (Phi) is 6.11. The van der Waals surface area contributed by atoms with E-state index >= 15 is 0 Å². The molecule has 112 valence electrons. The maximum absolute atomic E-state index is 3.76. The Bertz CT molecular complexity index is 242. The zero-order valence-electron chi connectivity index (χ0n) is 13.2. The molecule has 0 aromatic carbocycles. The van der Waals surface area contributed by atoms with Gasteiger partial charge in [0.2, 0.25) is 0 Å². The lowest BCUT2D eigenvalue weighted by Gasteiger charge is -2.34. The van der Waals surface area contributed by atoms with Crippen LogP contribution in [0.25, 0.3) is 0 Å². The SMILES string of the molecule is CC(CNC1CCCC1)N(C)CC1CCN(C)CC1. The summed E-state index contributed by atoms with van der Waals surface area (Å²) in [6, 6.07) is 1.47. The summed E-state index contributed by atoms with van der Waals surface area (Å²) in [6.07, 6.45) is 8.40. The summed E-state index contributed by atoms with van der Waals surface area (Å²) in [6.45, 7) is 7.38. The van der Waals surface area contributed by atoms with Gasteiger partial charge in [-0.25, -0.2) is 0 Å². The first-order valence-corrected chi connectivity index (χ1v) is 8.27. The Labute approximate surface area is 119 Å². The summed E-state index contributed by atoms with van der Waals surface area (Å²) in [7, 11) is 4.55. The molecule has 1 atom stereocenters. The van der Waals surface area contributed by atoms with Gasteiger partial charge in [0.15, 0.2) is 0 Å². The summed E-state index contributed by atoms with van der Waals surface area (Å²) >= 11 is 0. The predicted molar refractivity (Wildman–Crippen MR) is 82.6 cm³/mol. The summed E-state index contributed by atoms with van der Waals surface area (Å²) in [5, 5.41) is 3.76.